The first kappa shape index (κ1) is 36.4. The number of hydrogen-bond acceptors (Lipinski definition) is 6. The Bertz CT molecular complexity index is 1940. The predicted molar refractivity (Wildman–Crippen MR) is 209 cm³/mol. The molecule has 4 atom stereocenters. The molecule has 2 aliphatic heterocycles. The number of carbonyl (C=O) groups excluding carboxylic acids is 2. The summed E-state index contributed by atoms with van der Waals surface area (Å²) in [6, 6.07) is 16.8. The van der Waals surface area contributed by atoms with Gasteiger partial charge < -0.3 is 19.4 Å². The van der Waals surface area contributed by atoms with Crippen LogP contribution in [0.5, 0.6) is 0 Å². The number of likely N-dealkylation sites (tertiary alicyclic amines) is 2. The number of carbonyl (C=O) groups is 2. The molecule has 54 heavy (non-hydrogen) atoms. The molecule has 1 unspecified atom stereocenters. The molecule has 2 amide bonds. The van der Waals surface area contributed by atoms with E-state index < -0.39 is 11.2 Å². The molecule has 0 spiro atoms. The standard InChI is InChI=1S/C44H56N6O4/c1-43(2,3)53-41(51)49-20-19-34(31-9-10-31)23-38(49)40-46-25-36(48-40)33-17-13-30(14-18-33)29-11-15-32(16-12-29)35-24-45-39(47-35)37-22-28(21-27-7-8-27)26-50(37)42(52)54-44(4,5)6/h11-18,24-25,27-28,31,34,37-38H,7-10,19-23,26H2,1-6H3,(H,45,47)(H,46,48)/t28-,34?,37+,38+/m1/s1. The Morgan fingerprint density at radius 2 is 1.11 bits per heavy atom. The number of ether oxygens (including phenoxy) is 2. The second-order valence-electron chi connectivity index (χ2n) is 18.3. The van der Waals surface area contributed by atoms with E-state index in [-0.39, 0.29) is 24.3 Å². The van der Waals surface area contributed by atoms with Crippen molar-refractivity contribution in [2.75, 3.05) is 13.1 Å². The van der Waals surface area contributed by atoms with E-state index in [4.69, 9.17) is 19.4 Å². The highest BCUT2D eigenvalue weighted by atomic mass is 16.6. The minimum absolute atomic E-state index is 0.118. The van der Waals surface area contributed by atoms with Crippen LogP contribution in [0, 0.1) is 23.7 Å². The lowest BCUT2D eigenvalue weighted by Gasteiger charge is -2.39. The zero-order valence-corrected chi connectivity index (χ0v) is 32.7. The maximum absolute atomic E-state index is 13.3. The van der Waals surface area contributed by atoms with Gasteiger partial charge in [-0.15, -0.1) is 0 Å². The first-order valence-electron chi connectivity index (χ1n) is 20.1. The van der Waals surface area contributed by atoms with Gasteiger partial charge in [0.15, 0.2) is 0 Å². The maximum Gasteiger partial charge on any atom is 0.410 e. The molecule has 0 radical (unpaired) electrons. The van der Waals surface area contributed by atoms with E-state index in [2.05, 4.69) is 58.5 Å². The SMILES string of the molecule is CC(C)(C)OC(=O)N1CCC(C2CC2)C[C@H]1c1ncc(-c2ccc(-c3ccc(-c4cnc([C@@H]5C[C@@H](CC6CC6)CN5C(=O)OC(C)(C)C)[nH]4)cc3)cc2)[nH]1. The summed E-state index contributed by atoms with van der Waals surface area (Å²) in [5, 5.41) is 0. The Kier molecular flexibility index (Phi) is 9.59. The van der Waals surface area contributed by atoms with Crippen molar-refractivity contribution in [1.82, 2.24) is 29.7 Å². The quantitative estimate of drug-likeness (QED) is 0.186. The van der Waals surface area contributed by atoms with Gasteiger partial charge in [-0.3, -0.25) is 9.80 Å². The van der Waals surface area contributed by atoms with Crippen molar-refractivity contribution in [2.24, 2.45) is 23.7 Å². The van der Waals surface area contributed by atoms with Gasteiger partial charge in [-0.1, -0.05) is 61.4 Å². The Labute approximate surface area is 319 Å². The smallest absolute Gasteiger partial charge is 0.410 e. The lowest BCUT2D eigenvalue weighted by atomic mass is 9.87. The summed E-state index contributed by atoms with van der Waals surface area (Å²) in [5.74, 6) is 4.31. The second kappa shape index (κ2) is 14.2. The molecule has 2 N–H and O–H groups in total. The molecule has 10 nitrogen and oxygen atoms in total. The van der Waals surface area contributed by atoms with Crippen molar-refractivity contribution >= 4 is 12.2 Å². The van der Waals surface area contributed by atoms with Gasteiger partial charge in [-0.25, -0.2) is 19.6 Å². The second-order valence-corrected chi connectivity index (χ2v) is 18.3. The average molecular weight is 733 g/mol. The number of nitrogens with one attached hydrogen (secondary N) is 2. The topological polar surface area (TPSA) is 116 Å². The van der Waals surface area contributed by atoms with Crippen molar-refractivity contribution in [2.45, 2.75) is 116 Å². The van der Waals surface area contributed by atoms with Crippen LogP contribution in [0.25, 0.3) is 33.6 Å². The van der Waals surface area contributed by atoms with Crippen molar-refractivity contribution in [3.05, 3.63) is 72.6 Å². The maximum atomic E-state index is 13.3. The molecule has 2 aromatic carbocycles. The first-order chi connectivity index (χ1) is 25.8. The Morgan fingerprint density at radius 3 is 1.59 bits per heavy atom. The highest BCUT2D eigenvalue weighted by molar-refractivity contribution is 5.72. The van der Waals surface area contributed by atoms with Crippen molar-refractivity contribution in [3.63, 3.8) is 0 Å². The van der Waals surface area contributed by atoms with Crippen molar-refractivity contribution in [3.8, 4) is 33.6 Å². The summed E-state index contributed by atoms with van der Waals surface area (Å²) < 4.78 is 11.6. The normalized spacial score (nSPS) is 23.4. The minimum Gasteiger partial charge on any atom is -0.444 e. The third kappa shape index (κ3) is 8.37. The van der Waals surface area contributed by atoms with E-state index in [1.54, 1.807) is 0 Å². The summed E-state index contributed by atoms with van der Waals surface area (Å²) in [6.45, 7) is 12.9. The van der Waals surface area contributed by atoms with E-state index >= 15 is 0 Å². The largest absolute Gasteiger partial charge is 0.444 e. The van der Waals surface area contributed by atoms with Gasteiger partial charge >= 0.3 is 12.2 Å². The third-order valence-electron chi connectivity index (χ3n) is 11.5. The number of piperidine rings is 1. The fraction of sp³-hybridized carbons (Fsp3) is 0.545. The molecule has 4 heterocycles. The summed E-state index contributed by atoms with van der Waals surface area (Å²) in [5.41, 5.74) is 5.10. The minimum atomic E-state index is -0.547. The molecule has 4 fully saturated rings. The number of H-pyrrole nitrogens is 2. The highest BCUT2D eigenvalue weighted by Crippen LogP contribution is 2.47. The lowest BCUT2D eigenvalue weighted by molar-refractivity contribution is 0.00161. The van der Waals surface area contributed by atoms with Crippen LogP contribution in [-0.2, 0) is 9.47 Å². The van der Waals surface area contributed by atoms with Crippen LogP contribution in [0.2, 0.25) is 0 Å². The molecule has 4 aliphatic rings. The van der Waals surface area contributed by atoms with Crippen LogP contribution >= 0.6 is 0 Å². The third-order valence-corrected chi connectivity index (χ3v) is 11.5. The summed E-state index contributed by atoms with van der Waals surface area (Å²) >= 11 is 0. The van der Waals surface area contributed by atoms with E-state index in [0.29, 0.717) is 18.4 Å². The number of amides is 2. The van der Waals surface area contributed by atoms with Gasteiger partial charge in [0.05, 0.1) is 35.9 Å². The fourth-order valence-corrected chi connectivity index (χ4v) is 8.48. The number of aromatic nitrogens is 4. The van der Waals surface area contributed by atoms with E-state index in [1.807, 2.05) is 63.7 Å². The molecular weight excluding hydrogens is 677 g/mol. The van der Waals surface area contributed by atoms with Crippen LogP contribution in [0.4, 0.5) is 9.59 Å². The van der Waals surface area contributed by atoms with Gasteiger partial charge in [-0.2, -0.15) is 0 Å². The molecule has 10 heteroatoms. The van der Waals surface area contributed by atoms with E-state index in [0.717, 1.165) is 82.9 Å². The van der Waals surface area contributed by atoms with Crippen LogP contribution in [0.15, 0.2) is 60.9 Å². The number of benzene rings is 2. The molecule has 8 rings (SSSR count). The van der Waals surface area contributed by atoms with Crippen molar-refractivity contribution in [1.29, 1.82) is 0 Å². The zero-order valence-electron chi connectivity index (χ0n) is 32.7. The molecule has 286 valence electrons. The highest BCUT2D eigenvalue weighted by Gasteiger charge is 2.43. The molecular formula is C44H56N6O4. The van der Waals surface area contributed by atoms with E-state index in [1.165, 1.54) is 32.1 Å². The summed E-state index contributed by atoms with van der Waals surface area (Å²) in [7, 11) is 0. The molecule has 2 saturated carbocycles. The summed E-state index contributed by atoms with van der Waals surface area (Å²) in [6.07, 6.45) is 12.5. The Balaban J connectivity index is 0.943. The van der Waals surface area contributed by atoms with Gasteiger partial charge in [0.2, 0.25) is 0 Å². The predicted octanol–water partition coefficient (Wildman–Crippen LogP) is 10.3. The molecule has 2 aromatic heterocycles. The number of hydrogen-bond donors (Lipinski definition) is 2. The van der Waals surface area contributed by atoms with Crippen LogP contribution < -0.4 is 0 Å². The molecule has 2 aliphatic carbocycles. The zero-order chi connectivity index (χ0) is 37.8. The van der Waals surface area contributed by atoms with Crippen LogP contribution in [-0.4, -0.2) is 66.2 Å². The number of imidazole rings is 2. The van der Waals surface area contributed by atoms with Gasteiger partial charge in [0, 0.05) is 13.1 Å². The first-order valence-corrected chi connectivity index (χ1v) is 20.1. The Morgan fingerprint density at radius 1 is 0.630 bits per heavy atom. The number of aromatic amines is 2. The van der Waals surface area contributed by atoms with Crippen LogP contribution in [0.1, 0.15) is 117 Å². The van der Waals surface area contributed by atoms with Crippen molar-refractivity contribution < 1.29 is 19.1 Å². The van der Waals surface area contributed by atoms with Gasteiger partial charge in [0.1, 0.15) is 22.9 Å². The molecule has 4 aromatic rings. The van der Waals surface area contributed by atoms with Crippen LogP contribution in [0.3, 0.4) is 0 Å². The van der Waals surface area contributed by atoms with Gasteiger partial charge in [-0.05, 0) is 126 Å². The van der Waals surface area contributed by atoms with E-state index in [9.17, 15) is 9.59 Å². The monoisotopic (exact) mass is 732 g/mol. The molecule has 0 bridgehead atoms. The lowest BCUT2D eigenvalue weighted by Crippen LogP contribution is -2.44. The summed E-state index contributed by atoms with van der Waals surface area (Å²) in [4.78, 5) is 47.0. The van der Waals surface area contributed by atoms with Gasteiger partial charge in [0.25, 0.3) is 0 Å². The number of nitrogens with zero attached hydrogens (tertiary/aromatic N) is 4. The Hall–Kier alpha value is -4.60. The fourth-order valence-electron chi connectivity index (χ4n) is 8.48. The number of rotatable bonds is 8. The average Bonchev–Trinajstić information content (AvgIpc) is 3.98. The molecule has 2 saturated heterocycles.